The van der Waals surface area contributed by atoms with Gasteiger partial charge in [0.05, 0.1) is 28.0 Å². The number of para-hydroxylation sites is 3. The van der Waals surface area contributed by atoms with Crippen LogP contribution in [0.1, 0.15) is 22.3 Å². The largest absolute Gasteiger partial charge is 0.310 e. The van der Waals surface area contributed by atoms with Crippen molar-refractivity contribution in [2.75, 3.05) is 4.90 Å². The van der Waals surface area contributed by atoms with Gasteiger partial charge in [-0.1, -0.05) is 158 Å². The topological polar surface area (TPSA) is 16.1 Å². The molecule has 2 aliphatic rings. The van der Waals surface area contributed by atoms with E-state index < -0.39 is 5.41 Å². The Kier molecular flexibility index (Phi) is 6.80. The van der Waals surface area contributed by atoms with Crippen LogP contribution in [0.25, 0.3) is 55.5 Å². The second-order valence-corrected chi connectivity index (χ2v) is 14.3. The lowest BCUT2D eigenvalue weighted by atomic mass is 9.64. The quantitative estimate of drug-likeness (QED) is 0.183. The minimum atomic E-state index is -0.459. The highest BCUT2D eigenvalue weighted by Gasteiger charge is 2.51. The molecule has 0 fully saturated rings. The summed E-state index contributed by atoms with van der Waals surface area (Å²) in [7, 11) is 0. The Morgan fingerprint density at radius 2 is 0.926 bits per heavy atom. The van der Waals surface area contributed by atoms with Crippen LogP contribution >= 0.6 is 0 Å². The fraction of sp³-hybridized carbons (Fsp3) is 0.0192. The molecule has 11 rings (SSSR count). The Hall–Kier alpha value is -7.03. The van der Waals surface area contributed by atoms with Gasteiger partial charge in [-0.25, -0.2) is 4.98 Å². The predicted molar refractivity (Wildman–Crippen MR) is 224 cm³/mol. The van der Waals surface area contributed by atoms with Crippen LogP contribution in [0.2, 0.25) is 0 Å². The van der Waals surface area contributed by atoms with Crippen molar-refractivity contribution < 1.29 is 0 Å². The highest BCUT2D eigenvalue weighted by Crippen LogP contribution is 2.63. The van der Waals surface area contributed by atoms with Crippen molar-refractivity contribution in [1.29, 1.82) is 0 Å². The van der Waals surface area contributed by atoms with Crippen molar-refractivity contribution in [2.45, 2.75) is 5.41 Å². The first-order valence-corrected chi connectivity index (χ1v) is 18.6. The molecule has 0 atom stereocenters. The third-order valence-electron chi connectivity index (χ3n) is 11.5. The van der Waals surface area contributed by atoms with Gasteiger partial charge in [0.15, 0.2) is 0 Å². The molecule has 1 aliphatic carbocycles. The number of hydrogen-bond donors (Lipinski definition) is 0. The maximum Gasteiger partial charge on any atom is 0.0754 e. The molecular weight excluding hydrogens is 653 g/mol. The molecule has 0 unspecified atom stereocenters. The second kappa shape index (κ2) is 12.0. The highest BCUT2D eigenvalue weighted by molar-refractivity contribution is 5.98. The van der Waals surface area contributed by atoms with Gasteiger partial charge in [0.1, 0.15) is 0 Å². The summed E-state index contributed by atoms with van der Waals surface area (Å²) in [6, 6.07) is 75.1. The fourth-order valence-corrected chi connectivity index (χ4v) is 9.19. The van der Waals surface area contributed by atoms with Crippen molar-refractivity contribution in [3.05, 3.63) is 229 Å². The molecule has 0 amide bonds. The molecule has 1 spiro atoms. The van der Waals surface area contributed by atoms with Gasteiger partial charge in [-0.05, 0) is 104 Å². The van der Waals surface area contributed by atoms with Gasteiger partial charge >= 0.3 is 0 Å². The van der Waals surface area contributed by atoms with E-state index in [2.05, 4.69) is 205 Å². The molecule has 8 aromatic carbocycles. The molecular formula is C52H34N2. The summed E-state index contributed by atoms with van der Waals surface area (Å²) in [6.07, 6.45) is 0. The SMILES string of the molecule is c1ccc(-c2ccc3c(-c4cccc(-c5ccc6c(c5)-c5ccccc5C65c6ccccc6N(c6ccccc6)c6ccccc65)c4)cccc3n2)cc1. The molecule has 2 heteroatoms. The average molecular weight is 687 g/mol. The predicted octanol–water partition coefficient (Wildman–Crippen LogP) is 13.4. The van der Waals surface area contributed by atoms with Gasteiger partial charge < -0.3 is 4.90 Å². The van der Waals surface area contributed by atoms with Crippen LogP contribution in [0.4, 0.5) is 17.1 Å². The lowest BCUT2D eigenvalue weighted by Gasteiger charge is -2.45. The molecule has 0 radical (unpaired) electrons. The zero-order valence-electron chi connectivity index (χ0n) is 29.5. The van der Waals surface area contributed by atoms with E-state index in [-0.39, 0.29) is 0 Å². The third-order valence-corrected chi connectivity index (χ3v) is 11.5. The molecule has 0 bridgehead atoms. The van der Waals surface area contributed by atoms with E-state index in [1.807, 2.05) is 6.07 Å². The van der Waals surface area contributed by atoms with Crippen LogP contribution < -0.4 is 4.90 Å². The molecule has 1 aromatic heterocycles. The Balaban J connectivity index is 1.07. The van der Waals surface area contributed by atoms with E-state index in [1.165, 1.54) is 67.0 Å². The molecule has 54 heavy (non-hydrogen) atoms. The third kappa shape index (κ3) is 4.44. The normalized spacial score (nSPS) is 13.3. The van der Waals surface area contributed by atoms with Crippen LogP contribution in [0.5, 0.6) is 0 Å². The molecule has 2 nitrogen and oxygen atoms in total. The van der Waals surface area contributed by atoms with Crippen molar-refractivity contribution >= 4 is 28.0 Å². The fourth-order valence-electron chi connectivity index (χ4n) is 9.19. The molecule has 2 heterocycles. The number of aromatic nitrogens is 1. The highest BCUT2D eigenvalue weighted by atomic mass is 15.2. The molecule has 0 N–H and O–H groups in total. The van der Waals surface area contributed by atoms with Gasteiger partial charge in [0.25, 0.3) is 0 Å². The molecule has 1 aliphatic heterocycles. The van der Waals surface area contributed by atoms with E-state index in [9.17, 15) is 0 Å². The van der Waals surface area contributed by atoms with Gasteiger partial charge in [-0.2, -0.15) is 0 Å². The number of pyridine rings is 1. The van der Waals surface area contributed by atoms with Crippen molar-refractivity contribution in [3.8, 4) is 44.6 Å². The second-order valence-electron chi connectivity index (χ2n) is 14.3. The standard InChI is InChI=1S/C52H34N2/c1-3-15-35(16-4-1)48-32-30-42-40(22-14-26-49(42)53-48)38-18-13-17-36(33-38)37-29-31-45-43(34-37)41-21-7-8-23-44(41)52(45)46-24-9-11-27-50(46)54(39-19-5-2-6-20-39)51-28-12-10-25-47(51)52/h1-34H. The lowest BCUT2D eigenvalue weighted by Crippen LogP contribution is -2.36. The van der Waals surface area contributed by atoms with Crippen LogP contribution in [0.3, 0.4) is 0 Å². The number of hydrogen-bond acceptors (Lipinski definition) is 2. The molecule has 0 saturated carbocycles. The summed E-state index contributed by atoms with van der Waals surface area (Å²) in [4.78, 5) is 7.50. The average Bonchev–Trinajstić information content (AvgIpc) is 3.54. The zero-order chi connectivity index (χ0) is 35.6. The molecule has 0 saturated heterocycles. The monoisotopic (exact) mass is 686 g/mol. The molecule has 252 valence electrons. The maximum atomic E-state index is 5.07. The lowest BCUT2D eigenvalue weighted by molar-refractivity contribution is 0.753. The van der Waals surface area contributed by atoms with Gasteiger partial charge in [0.2, 0.25) is 0 Å². The number of anilines is 3. The van der Waals surface area contributed by atoms with Crippen molar-refractivity contribution in [2.24, 2.45) is 0 Å². The van der Waals surface area contributed by atoms with E-state index in [4.69, 9.17) is 4.98 Å². The van der Waals surface area contributed by atoms with E-state index in [0.717, 1.165) is 27.8 Å². The maximum absolute atomic E-state index is 5.07. The van der Waals surface area contributed by atoms with Gasteiger partial charge in [-0.15, -0.1) is 0 Å². The first-order valence-electron chi connectivity index (χ1n) is 18.6. The van der Waals surface area contributed by atoms with Crippen molar-refractivity contribution in [3.63, 3.8) is 0 Å². The van der Waals surface area contributed by atoms with Gasteiger partial charge in [0, 0.05) is 16.6 Å². The van der Waals surface area contributed by atoms with E-state index >= 15 is 0 Å². The van der Waals surface area contributed by atoms with Crippen LogP contribution in [0, 0.1) is 0 Å². The Bertz CT molecular complexity index is 2840. The minimum absolute atomic E-state index is 0.459. The number of benzene rings is 8. The Morgan fingerprint density at radius 3 is 1.70 bits per heavy atom. The van der Waals surface area contributed by atoms with E-state index in [1.54, 1.807) is 0 Å². The number of nitrogens with zero attached hydrogens (tertiary/aromatic N) is 2. The van der Waals surface area contributed by atoms with Gasteiger partial charge in [-0.3, -0.25) is 0 Å². The summed E-state index contributed by atoms with van der Waals surface area (Å²) < 4.78 is 0. The summed E-state index contributed by atoms with van der Waals surface area (Å²) in [6.45, 7) is 0. The summed E-state index contributed by atoms with van der Waals surface area (Å²) in [5, 5.41) is 1.15. The van der Waals surface area contributed by atoms with Crippen LogP contribution in [0.15, 0.2) is 206 Å². The minimum Gasteiger partial charge on any atom is -0.310 e. The van der Waals surface area contributed by atoms with Crippen LogP contribution in [-0.4, -0.2) is 4.98 Å². The summed E-state index contributed by atoms with van der Waals surface area (Å²) in [5.74, 6) is 0. The Labute approximate surface area is 315 Å². The molecule has 9 aromatic rings. The van der Waals surface area contributed by atoms with Crippen molar-refractivity contribution in [1.82, 2.24) is 4.98 Å². The summed E-state index contributed by atoms with van der Waals surface area (Å²) >= 11 is 0. The first kappa shape index (κ1) is 30.6. The zero-order valence-corrected chi connectivity index (χ0v) is 29.5. The summed E-state index contributed by atoms with van der Waals surface area (Å²) in [5.41, 5.74) is 18.8. The smallest absolute Gasteiger partial charge is 0.0754 e. The van der Waals surface area contributed by atoms with Crippen LogP contribution in [-0.2, 0) is 5.41 Å². The van der Waals surface area contributed by atoms with E-state index in [0.29, 0.717) is 0 Å². The Morgan fingerprint density at radius 1 is 0.352 bits per heavy atom. The number of fused-ring (bicyclic) bond motifs is 10. The number of rotatable bonds is 4. The first-order chi connectivity index (χ1) is 26.8.